The average molecular weight is 478 g/mol. The highest BCUT2D eigenvalue weighted by molar-refractivity contribution is 7.97. The number of H-pyrrole nitrogens is 1. The van der Waals surface area contributed by atoms with Crippen LogP contribution in [0.4, 0.5) is 4.39 Å². The zero-order chi connectivity index (χ0) is 25.6. The SMILES string of the molecule is CC.CC.CC.CN(C)CNCc1[nH]nc(-c2ccc(F)cc2)c1-c1ccncc1.CSC. The molecule has 3 aromatic rings. The van der Waals surface area contributed by atoms with Crippen molar-refractivity contribution in [2.75, 3.05) is 33.3 Å². The van der Waals surface area contributed by atoms with Crippen LogP contribution >= 0.6 is 11.8 Å². The van der Waals surface area contributed by atoms with Gasteiger partial charge in [-0.1, -0.05) is 41.5 Å². The Labute approximate surface area is 205 Å². The predicted molar refractivity (Wildman–Crippen MR) is 146 cm³/mol. The van der Waals surface area contributed by atoms with E-state index in [0.29, 0.717) is 6.54 Å². The molecule has 2 N–H and O–H groups in total. The maximum absolute atomic E-state index is 13.2. The van der Waals surface area contributed by atoms with Gasteiger partial charge < -0.3 is 0 Å². The van der Waals surface area contributed by atoms with Gasteiger partial charge in [0.15, 0.2) is 0 Å². The van der Waals surface area contributed by atoms with Crippen molar-refractivity contribution in [1.29, 1.82) is 0 Å². The van der Waals surface area contributed by atoms with Crippen molar-refractivity contribution in [1.82, 2.24) is 25.4 Å². The van der Waals surface area contributed by atoms with E-state index in [1.54, 1.807) is 36.3 Å². The Hall–Kier alpha value is -2.22. The molecule has 0 aliphatic heterocycles. The van der Waals surface area contributed by atoms with Crippen LogP contribution in [0.1, 0.15) is 47.2 Å². The van der Waals surface area contributed by atoms with Gasteiger partial charge in [0.25, 0.3) is 0 Å². The third kappa shape index (κ3) is 12.6. The van der Waals surface area contributed by atoms with Crippen molar-refractivity contribution < 1.29 is 4.39 Å². The largest absolute Gasteiger partial charge is 0.299 e. The Balaban J connectivity index is 0. The summed E-state index contributed by atoms with van der Waals surface area (Å²) in [5.41, 5.74) is 4.71. The molecule has 0 fully saturated rings. The zero-order valence-corrected chi connectivity index (χ0v) is 23.0. The smallest absolute Gasteiger partial charge is 0.123 e. The Morgan fingerprint density at radius 3 is 1.88 bits per heavy atom. The monoisotopic (exact) mass is 477 g/mol. The third-order valence-electron chi connectivity index (χ3n) is 3.66. The highest BCUT2D eigenvalue weighted by Crippen LogP contribution is 2.33. The van der Waals surface area contributed by atoms with Gasteiger partial charge in [0, 0.05) is 36.7 Å². The third-order valence-corrected chi connectivity index (χ3v) is 3.66. The minimum atomic E-state index is -0.257. The maximum atomic E-state index is 13.2. The average Bonchev–Trinajstić information content (AvgIpc) is 3.28. The van der Waals surface area contributed by atoms with Gasteiger partial charge in [-0.2, -0.15) is 16.9 Å². The topological polar surface area (TPSA) is 56.8 Å². The van der Waals surface area contributed by atoms with Crippen LogP contribution in [0, 0.1) is 5.82 Å². The molecular formula is C26H44FN5S. The Morgan fingerprint density at radius 1 is 0.879 bits per heavy atom. The number of thioether (sulfide) groups is 1. The van der Waals surface area contributed by atoms with Gasteiger partial charge >= 0.3 is 0 Å². The molecule has 0 aliphatic carbocycles. The molecule has 0 amide bonds. The van der Waals surface area contributed by atoms with E-state index in [9.17, 15) is 4.39 Å². The van der Waals surface area contributed by atoms with Crippen molar-refractivity contribution in [3.63, 3.8) is 0 Å². The molecule has 2 aromatic heterocycles. The van der Waals surface area contributed by atoms with Crippen LogP contribution in [0.3, 0.4) is 0 Å². The fraction of sp³-hybridized carbons (Fsp3) is 0.462. The fourth-order valence-corrected chi connectivity index (χ4v) is 2.56. The molecule has 7 heteroatoms. The molecule has 0 atom stereocenters. The minimum absolute atomic E-state index is 0.257. The summed E-state index contributed by atoms with van der Waals surface area (Å²) in [5, 5.41) is 10.9. The normalized spacial score (nSPS) is 9.21. The summed E-state index contributed by atoms with van der Waals surface area (Å²) in [6.45, 7) is 13.4. The predicted octanol–water partition coefficient (Wildman–Crippen LogP) is 6.94. The molecule has 0 saturated heterocycles. The molecule has 0 radical (unpaired) electrons. The number of aromatic nitrogens is 3. The lowest BCUT2D eigenvalue weighted by Gasteiger charge is -2.11. The summed E-state index contributed by atoms with van der Waals surface area (Å²) in [4.78, 5) is 6.14. The maximum Gasteiger partial charge on any atom is 0.123 e. The Bertz CT molecular complexity index is 805. The minimum Gasteiger partial charge on any atom is -0.299 e. The zero-order valence-electron chi connectivity index (χ0n) is 22.2. The number of halogens is 1. The fourth-order valence-electron chi connectivity index (χ4n) is 2.56. The van der Waals surface area contributed by atoms with Crippen molar-refractivity contribution in [3.8, 4) is 22.4 Å². The summed E-state index contributed by atoms with van der Waals surface area (Å²) in [7, 11) is 4.02. The molecule has 2 heterocycles. The lowest BCUT2D eigenvalue weighted by molar-refractivity contribution is 0.366. The standard InChI is InChI=1S/C18H20FN5.C2H6S.3C2H6/c1-24(2)12-21-11-16-17(13-7-9-20-10-8-13)18(23-22-16)14-3-5-15(19)6-4-14;1-3-2;3*1-2/h3-10,21H,11-12H2,1-2H3,(H,22,23);1-2H3;3*1-2H3. The molecule has 5 nitrogen and oxygen atoms in total. The molecule has 3 rings (SSSR count). The van der Waals surface area contributed by atoms with E-state index in [-0.39, 0.29) is 5.82 Å². The second-order valence-electron chi connectivity index (χ2n) is 6.24. The Kier molecular flexibility index (Phi) is 21.6. The van der Waals surface area contributed by atoms with Crippen LogP contribution in [0.5, 0.6) is 0 Å². The first-order valence-corrected chi connectivity index (χ1v) is 13.2. The lowest BCUT2D eigenvalue weighted by Crippen LogP contribution is -2.27. The van der Waals surface area contributed by atoms with Crippen molar-refractivity contribution in [2.45, 2.75) is 48.1 Å². The lowest BCUT2D eigenvalue weighted by atomic mass is 9.99. The second kappa shape index (κ2) is 21.6. The van der Waals surface area contributed by atoms with Gasteiger partial charge in [0.05, 0.1) is 5.69 Å². The van der Waals surface area contributed by atoms with Crippen LogP contribution in [0.25, 0.3) is 22.4 Å². The van der Waals surface area contributed by atoms with Crippen molar-refractivity contribution in [3.05, 3.63) is 60.3 Å². The number of nitrogens with zero attached hydrogens (tertiary/aromatic N) is 3. The van der Waals surface area contributed by atoms with Gasteiger partial charge in [-0.25, -0.2) is 4.39 Å². The molecule has 186 valence electrons. The van der Waals surface area contributed by atoms with E-state index in [2.05, 4.69) is 25.4 Å². The quantitative estimate of drug-likeness (QED) is 0.376. The second-order valence-corrected chi connectivity index (χ2v) is 7.06. The van der Waals surface area contributed by atoms with E-state index < -0.39 is 0 Å². The summed E-state index contributed by atoms with van der Waals surface area (Å²) >= 11 is 1.75. The van der Waals surface area contributed by atoms with Gasteiger partial charge in [0.2, 0.25) is 0 Å². The molecule has 0 unspecified atom stereocenters. The Morgan fingerprint density at radius 2 is 1.39 bits per heavy atom. The number of benzene rings is 1. The van der Waals surface area contributed by atoms with E-state index in [0.717, 1.165) is 34.7 Å². The van der Waals surface area contributed by atoms with E-state index in [1.807, 2.05) is 80.3 Å². The number of pyridine rings is 1. The van der Waals surface area contributed by atoms with E-state index >= 15 is 0 Å². The molecule has 0 saturated carbocycles. The van der Waals surface area contributed by atoms with Crippen LogP contribution in [0.2, 0.25) is 0 Å². The van der Waals surface area contributed by atoms with Gasteiger partial charge in [-0.3, -0.25) is 20.3 Å². The van der Waals surface area contributed by atoms with Crippen LogP contribution in [0.15, 0.2) is 48.8 Å². The first-order chi connectivity index (χ1) is 16.1. The molecule has 0 spiro atoms. The molecular weight excluding hydrogens is 433 g/mol. The highest BCUT2D eigenvalue weighted by Gasteiger charge is 2.16. The highest BCUT2D eigenvalue weighted by atomic mass is 32.2. The number of hydrogen-bond donors (Lipinski definition) is 2. The molecule has 0 aliphatic rings. The van der Waals surface area contributed by atoms with Crippen LogP contribution in [-0.4, -0.2) is 53.4 Å². The molecule has 0 bridgehead atoms. The van der Waals surface area contributed by atoms with Gasteiger partial charge in [0.1, 0.15) is 11.5 Å². The van der Waals surface area contributed by atoms with Crippen LogP contribution in [-0.2, 0) is 6.54 Å². The van der Waals surface area contributed by atoms with Gasteiger partial charge in [-0.15, -0.1) is 0 Å². The van der Waals surface area contributed by atoms with E-state index in [1.165, 1.54) is 12.1 Å². The summed E-state index contributed by atoms with van der Waals surface area (Å²) in [6.07, 6.45) is 7.60. The van der Waals surface area contributed by atoms with Crippen molar-refractivity contribution in [2.24, 2.45) is 0 Å². The van der Waals surface area contributed by atoms with Gasteiger partial charge in [-0.05, 0) is 68.6 Å². The molecule has 33 heavy (non-hydrogen) atoms. The first-order valence-electron chi connectivity index (χ1n) is 11.6. The van der Waals surface area contributed by atoms with Crippen molar-refractivity contribution >= 4 is 11.8 Å². The van der Waals surface area contributed by atoms with Crippen LogP contribution < -0.4 is 5.32 Å². The number of rotatable bonds is 6. The summed E-state index contributed by atoms with van der Waals surface area (Å²) in [6, 6.07) is 10.3. The summed E-state index contributed by atoms with van der Waals surface area (Å²) < 4.78 is 13.2. The van der Waals surface area contributed by atoms with E-state index in [4.69, 9.17) is 0 Å². The first kappa shape index (κ1) is 33.0. The number of hydrogen-bond acceptors (Lipinski definition) is 5. The number of nitrogens with one attached hydrogen (secondary N) is 2. The summed E-state index contributed by atoms with van der Waals surface area (Å²) in [5.74, 6) is -0.257. The number of aromatic amines is 1. The molecule has 1 aromatic carbocycles.